The molecule has 0 radical (unpaired) electrons. The van der Waals surface area contributed by atoms with E-state index >= 15 is 0 Å². The molecule has 0 aromatic heterocycles. The van der Waals surface area contributed by atoms with Crippen LogP contribution in [0.5, 0.6) is 11.5 Å². The molecule has 0 saturated heterocycles. The lowest BCUT2D eigenvalue weighted by atomic mass is 10.1. The Hall–Kier alpha value is -2.70. The van der Waals surface area contributed by atoms with Gasteiger partial charge in [0.1, 0.15) is 11.5 Å². The molecule has 0 atom stereocenters. The van der Waals surface area contributed by atoms with Crippen molar-refractivity contribution < 1.29 is 19.8 Å². The fraction of sp³-hybridized carbons (Fsp3) is 0. The van der Waals surface area contributed by atoms with E-state index in [1.165, 1.54) is 24.3 Å². The second kappa shape index (κ2) is 8.12. The van der Waals surface area contributed by atoms with Crippen molar-refractivity contribution in [3.05, 3.63) is 83.9 Å². The predicted molar refractivity (Wildman–Crippen MR) is 103 cm³/mol. The number of carbonyl (C=O) groups is 2. The van der Waals surface area contributed by atoms with Crippen molar-refractivity contribution in [3.8, 4) is 11.5 Å². The Morgan fingerprint density at radius 1 is 0.615 bits per heavy atom. The van der Waals surface area contributed by atoms with Crippen LogP contribution < -0.4 is 0 Å². The van der Waals surface area contributed by atoms with Crippen LogP contribution >= 0.6 is 23.5 Å². The Kier molecular flexibility index (Phi) is 5.65. The van der Waals surface area contributed by atoms with Crippen molar-refractivity contribution in [2.75, 3.05) is 0 Å². The summed E-state index contributed by atoms with van der Waals surface area (Å²) in [5.41, 5.74) is 0.862. The molecule has 0 aliphatic heterocycles. The van der Waals surface area contributed by atoms with E-state index < -0.39 is 0 Å². The van der Waals surface area contributed by atoms with Crippen molar-refractivity contribution in [2.45, 2.75) is 9.79 Å². The van der Waals surface area contributed by atoms with Gasteiger partial charge in [-0.3, -0.25) is 9.59 Å². The molecule has 0 heterocycles. The van der Waals surface area contributed by atoms with Crippen LogP contribution in [0.4, 0.5) is 0 Å². The monoisotopic (exact) mass is 382 g/mol. The molecule has 3 rings (SSSR count). The van der Waals surface area contributed by atoms with Gasteiger partial charge in [0, 0.05) is 20.9 Å². The number of thioether (sulfide) groups is 2. The average molecular weight is 382 g/mol. The van der Waals surface area contributed by atoms with Gasteiger partial charge in [0.05, 0.1) is 0 Å². The summed E-state index contributed by atoms with van der Waals surface area (Å²) in [5.74, 6) is 0.279. The topological polar surface area (TPSA) is 74.6 Å². The van der Waals surface area contributed by atoms with Crippen LogP contribution in [0.25, 0.3) is 0 Å². The summed E-state index contributed by atoms with van der Waals surface area (Å²) in [7, 11) is 0. The fourth-order valence-corrected chi connectivity index (χ4v) is 3.60. The zero-order valence-electron chi connectivity index (χ0n) is 13.5. The first-order valence-electron chi connectivity index (χ1n) is 7.64. The maximum atomic E-state index is 12.4. The van der Waals surface area contributed by atoms with Gasteiger partial charge in [0.15, 0.2) is 0 Å². The van der Waals surface area contributed by atoms with Crippen molar-refractivity contribution in [1.82, 2.24) is 0 Å². The van der Waals surface area contributed by atoms with Crippen molar-refractivity contribution in [3.63, 3.8) is 0 Å². The molecule has 4 nitrogen and oxygen atoms in total. The van der Waals surface area contributed by atoms with E-state index in [4.69, 9.17) is 0 Å². The number of aromatic hydroxyl groups is 2. The molecule has 0 bridgehead atoms. The third-order valence-corrected chi connectivity index (χ3v) is 5.29. The Balaban J connectivity index is 1.72. The minimum Gasteiger partial charge on any atom is -0.508 e. The van der Waals surface area contributed by atoms with E-state index in [0.29, 0.717) is 20.9 Å². The highest BCUT2D eigenvalue weighted by Gasteiger charge is 2.13. The van der Waals surface area contributed by atoms with Crippen LogP contribution in [0.2, 0.25) is 0 Å². The van der Waals surface area contributed by atoms with Crippen LogP contribution in [0.1, 0.15) is 20.7 Å². The summed E-state index contributed by atoms with van der Waals surface area (Å²) in [6, 6.07) is 19.3. The predicted octanol–water partition coefficient (Wildman–Crippen LogP) is 4.96. The van der Waals surface area contributed by atoms with Crippen LogP contribution in [-0.2, 0) is 0 Å². The Bertz CT molecular complexity index is 860. The van der Waals surface area contributed by atoms with E-state index in [-0.39, 0.29) is 21.7 Å². The summed E-state index contributed by atoms with van der Waals surface area (Å²) in [4.78, 5) is 26.3. The van der Waals surface area contributed by atoms with Crippen LogP contribution in [0, 0.1) is 0 Å². The van der Waals surface area contributed by atoms with Gasteiger partial charge in [0.25, 0.3) is 0 Å². The molecule has 0 saturated carbocycles. The van der Waals surface area contributed by atoms with Crippen molar-refractivity contribution >= 4 is 33.8 Å². The Morgan fingerprint density at radius 3 is 1.38 bits per heavy atom. The smallest absolute Gasteiger partial charge is 0.224 e. The molecule has 0 aliphatic rings. The quantitative estimate of drug-likeness (QED) is 0.621. The maximum Gasteiger partial charge on any atom is 0.224 e. The zero-order valence-corrected chi connectivity index (χ0v) is 15.1. The highest BCUT2D eigenvalue weighted by molar-refractivity contribution is 8.14. The van der Waals surface area contributed by atoms with Gasteiger partial charge in [-0.05, 0) is 78.1 Å². The molecule has 0 fully saturated rings. The van der Waals surface area contributed by atoms with Gasteiger partial charge in [-0.1, -0.05) is 18.2 Å². The van der Waals surface area contributed by atoms with Gasteiger partial charge in [-0.25, -0.2) is 0 Å². The number of benzene rings is 3. The highest BCUT2D eigenvalue weighted by Crippen LogP contribution is 2.27. The Labute approximate surface area is 158 Å². The molecule has 0 spiro atoms. The first-order valence-corrected chi connectivity index (χ1v) is 9.27. The number of rotatable bonds is 4. The van der Waals surface area contributed by atoms with Gasteiger partial charge in [-0.15, -0.1) is 0 Å². The minimum absolute atomic E-state index is 0.139. The number of hydrogen-bond donors (Lipinski definition) is 2. The molecule has 0 amide bonds. The van der Waals surface area contributed by atoms with Crippen molar-refractivity contribution in [2.24, 2.45) is 0 Å². The largest absolute Gasteiger partial charge is 0.508 e. The first kappa shape index (κ1) is 18.1. The second-order valence-electron chi connectivity index (χ2n) is 5.35. The molecule has 26 heavy (non-hydrogen) atoms. The standard InChI is InChI=1S/C20H14O4S2/c21-15-4-8-17(9-5-15)25-19(23)13-2-1-3-14(12-13)20(24)26-18-10-6-16(22)7-11-18/h1-12,21-22H. The first-order chi connectivity index (χ1) is 12.5. The second-order valence-corrected chi connectivity index (χ2v) is 7.44. The van der Waals surface area contributed by atoms with Gasteiger partial charge >= 0.3 is 0 Å². The zero-order chi connectivity index (χ0) is 18.5. The highest BCUT2D eigenvalue weighted by atomic mass is 32.2. The lowest BCUT2D eigenvalue weighted by Crippen LogP contribution is -1.98. The number of phenolic OH excluding ortho intramolecular Hbond substituents is 2. The summed E-state index contributed by atoms with van der Waals surface area (Å²) in [6.07, 6.45) is 0. The lowest BCUT2D eigenvalue weighted by Gasteiger charge is -2.05. The van der Waals surface area contributed by atoms with E-state index in [1.54, 1.807) is 48.5 Å². The third kappa shape index (κ3) is 4.68. The number of hydrogen-bond acceptors (Lipinski definition) is 6. The average Bonchev–Trinajstić information content (AvgIpc) is 2.65. The molecular weight excluding hydrogens is 368 g/mol. The molecule has 3 aromatic rings. The number of carbonyl (C=O) groups excluding carboxylic acids is 2. The van der Waals surface area contributed by atoms with E-state index in [9.17, 15) is 19.8 Å². The van der Waals surface area contributed by atoms with Gasteiger partial charge in [-0.2, -0.15) is 0 Å². The summed E-state index contributed by atoms with van der Waals surface area (Å²) in [6.45, 7) is 0. The molecule has 3 aromatic carbocycles. The molecule has 2 N–H and O–H groups in total. The molecule has 0 unspecified atom stereocenters. The number of phenols is 2. The summed E-state index contributed by atoms with van der Waals surface area (Å²) >= 11 is 2.07. The minimum atomic E-state index is -0.181. The molecule has 6 heteroatoms. The normalized spacial score (nSPS) is 10.5. The molecule has 0 aliphatic carbocycles. The summed E-state index contributed by atoms with van der Waals surface area (Å²) in [5, 5.41) is 18.2. The molecule has 130 valence electrons. The van der Waals surface area contributed by atoms with Gasteiger partial charge in [0.2, 0.25) is 10.2 Å². The Morgan fingerprint density at radius 2 is 1.00 bits per heavy atom. The van der Waals surface area contributed by atoms with Crippen LogP contribution in [0.15, 0.2) is 82.6 Å². The van der Waals surface area contributed by atoms with Crippen LogP contribution in [0.3, 0.4) is 0 Å². The van der Waals surface area contributed by atoms with Crippen molar-refractivity contribution in [1.29, 1.82) is 0 Å². The van der Waals surface area contributed by atoms with Crippen LogP contribution in [-0.4, -0.2) is 20.4 Å². The SMILES string of the molecule is O=C(Sc1ccc(O)cc1)c1cccc(C(=O)Sc2ccc(O)cc2)c1. The fourth-order valence-electron chi connectivity index (χ4n) is 2.13. The van der Waals surface area contributed by atoms with Gasteiger partial charge < -0.3 is 10.2 Å². The molecular formula is C20H14O4S2. The van der Waals surface area contributed by atoms with E-state index in [1.807, 2.05) is 0 Å². The lowest BCUT2D eigenvalue weighted by molar-refractivity contribution is 0.108. The maximum absolute atomic E-state index is 12.4. The third-order valence-electron chi connectivity index (χ3n) is 3.43. The van der Waals surface area contributed by atoms with E-state index in [2.05, 4.69) is 0 Å². The summed E-state index contributed by atoms with van der Waals surface area (Å²) < 4.78 is 0. The van der Waals surface area contributed by atoms with E-state index in [0.717, 1.165) is 23.5 Å².